The van der Waals surface area contributed by atoms with Crippen molar-refractivity contribution in [1.82, 2.24) is 0 Å². The molecule has 0 aliphatic rings. The lowest BCUT2D eigenvalue weighted by Crippen LogP contribution is -2.10. The second-order valence-electron chi connectivity index (χ2n) is 12.1. The Labute approximate surface area is 270 Å². The Bertz CT molecular complexity index is 2800. The molecule has 3 heteroatoms. The molecule has 10 rings (SSSR count). The van der Waals surface area contributed by atoms with E-state index in [9.17, 15) is 0 Å². The van der Waals surface area contributed by atoms with Crippen molar-refractivity contribution in [2.24, 2.45) is 0 Å². The van der Waals surface area contributed by atoms with E-state index >= 15 is 0 Å². The summed E-state index contributed by atoms with van der Waals surface area (Å²) in [6.45, 7) is 0. The Balaban J connectivity index is 1.18. The smallest absolute Gasteiger partial charge is 0.159 e. The fraction of sp³-hybridized carbons (Fsp3) is 0. The molecule has 0 bridgehead atoms. The van der Waals surface area contributed by atoms with E-state index in [-0.39, 0.29) is 0 Å². The number of fused-ring (bicyclic) bond motifs is 8. The quantitative estimate of drug-likeness (QED) is 0.201. The average molecular weight is 602 g/mol. The van der Waals surface area contributed by atoms with Gasteiger partial charge >= 0.3 is 0 Å². The molecule has 2 aromatic heterocycles. The Hall–Kier alpha value is -6.32. The summed E-state index contributed by atoms with van der Waals surface area (Å²) in [7, 11) is 0. The van der Waals surface area contributed by atoms with Gasteiger partial charge in [0.1, 0.15) is 16.7 Å². The summed E-state index contributed by atoms with van der Waals surface area (Å²) < 4.78 is 12.8. The van der Waals surface area contributed by atoms with Crippen LogP contribution in [0.2, 0.25) is 0 Å². The molecular weight excluding hydrogens is 574 g/mol. The largest absolute Gasteiger partial charge is 0.456 e. The fourth-order valence-corrected chi connectivity index (χ4v) is 7.20. The molecule has 0 aliphatic carbocycles. The van der Waals surface area contributed by atoms with Crippen molar-refractivity contribution < 1.29 is 8.83 Å². The second-order valence-corrected chi connectivity index (χ2v) is 12.1. The van der Waals surface area contributed by atoms with E-state index < -0.39 is 0 Å². The molecule has 0 aliphatic heterocycles. The Morgan fingerprint density at radius 3 is 1.87 bits per heavy atom. The Kier molecular flexibility index (Phi) is 5.57. The third-order valence-electron chi connectivity index (χ3n) is 9.43. The highest BCUT2D eigenvalue weighted by Crippen LogP contribution is 2.44. The molecule has 3 nitrogen and oxygen atoms in total. The molecule has 0 atom stereocenters. The first kappa shape index (κ1) is 26.0. The van der Waals surface area contributed by atoms with Crippen molar-refractivity contribution in [3.8, 4) is 11.1 Å². The molecule has 47 heavy (non-hydrogen) atoms. The van der Waals surface area contributed by atoms with Gasteiger partial charge in [-0.15, -0.1) is 0 Å². The van der Waals surface area contributed by atoms with Gasteiger partial charge in [0, 0.05) is 32.9 Å². The van der Waals surface area contributed by atoms with Gasteiger partial charge in [0.25, 0.3) is 0 Å². The highest BCUT2D eigenvalue weighted by atomic mass is 16.3. The maximum absolute atomic E-state index is 6.58. The zero-order valence-electron chi connectivity index (χ0n) is 25.4. The SMILES string of the molecule is c1ccc2c(-c3ccc(N(c4ccc5cc6oc7ccccc7c6cc5c4)c4cccc5c4oc4ccccc45)cc3)cccc2c1. The first-order chi connectivity index (χ1) is 23.3. The monoisotopic (exact) mass is 601 g/mol. The van der Waals surface area contributed by atoms with Crippen molar-refractivity contribution in [2.75, 3.05) is 4.90 Å². The minimum absolute atomic E-state index is 0.864. The molecule has 0 radical (unpaired) electrons. The van der Waals surface area contributed by atoms with Crippen LogP contribution in [-0.2, 0) is 0 Å². The van der Waals surface area contributed by atoms with Gasteiger partial charge in [-0.05, 0) is 87.3 Å². The molecule has 2 heterocycles. The van der Waals surface area contributed by atoms with Crippen molar-refractivity contribution in [1.29, 1.82) is 0 Å². The zero-order valence-corrected chi connectivity index (χ0v) is 25.4. The molecule has 0 spiro atoms. The minimum Gasteiger partial charge on any atom is -0.456 e. The molecule has 10 aromatic rings. The van der Waals surface area contributed by atoms with Crippen LogP contribution >= 0.6 is 0 Å². The lowest BCUT2D eigenvalue weighted by Gasteiger charge is -2.26. The summed E-state index contributed by atoms with van der Waals surface area (Å²) in [5, 5.41) is 9.23. The highest BCUT2D eigenvalue weighted by molar-refractivity contribution is 6.12. The van der Waals surface area contributed by atoms with E-state index in [1.165, 1.54) is 21.9 Å². The number of rotatable bonds is 4. The lowest BCUT2D eigenvalue weighted by molar-refractivity contribution is 0.669. The van der Waals surface area contributed by atoms with Crippen LogP contribution in [0.15, 0.2) is 173 Å². The van der Waals surface area contributed by atoms with Crippen molar-refractivity contribution in [3.05, 3.63) is 164 Å². The van der Waals surface area contributed by atoms with Crippen LogP contribution in [0, 0.1) is 0 Å². The summed E-state index contributed by atoms with van der Waals surface area (Å²) in [6, 6.07) is 57.9. The molecule has 220 valence electrons. The van der Waals surface area contributed by atoms with Gasteiger partial charge in [0.2, 0.25) is 0 Å². The van der Waals surface area contributed by atoms with Crippen LogP contribution in [0.3, 0.4) is 0 Å². The van der Waals surface area contributed by atoms with Gasteiger partial charge < -0.3 is 13.7 Å². The molecule has 0 saturated heterocycles. The van der Waals surface area contributed by atoms with Gasteiger partial charge in [-0.3, -0.25) is 0 Å². The molecular formula is C44H27NO2. The molecule has 0 amide bonds. The first-order valence-corrected chi connectivity index (χ1v) is 15.9. The normalized spacial score (nSPS) is 11.8. The summed E-state index contributed by atoms with van der Waals surface area (Å²) >= 11 is 0. The third kappa shape index (κ3) is 4.07. The van der Waals surface area contributed by atoms with Crippen molar-refractivity contribution in [3.63, 3.8) is 0 Å². The van der Waals surface area contributed by atoms with Gasteiger partial charge in [0.15, 0.2) is 5.58 Å². The second kappa shape index (κ2) is 10.1. The summed E-state index contributed by atoms with van der Waals surface area (Å²) in [6.07, 6.45) is 0. The minimum atomic E-state index is 0.864. The number of para-hydroxylation sites is 3. The molecule has 0 N–H and O–H groups in total. The molecule has 0 unspecified atom stereocenters. The average Bonchev–Trinajstić information content (AvgIpc) is 3.69. The Morgan fingerprint density at radius 1 is 0.362 bits per heavy atom. The van der Waals surface area contributed by atoms with Crippen LogP contribution < -0.4 is 4.90 Å². The number of anilines is 3. The molecule has 8 aromatic carbocycles. The van der Waals surface area contributed by atoms with E-state index in [1.54, 1.807) is 0 Å². The van der Waals surface area contributed by atoms with Gasteiger partial charge in [-0.2, -0.15) is 0 Å². The molecule has 0 fully saturated rings. The Morgan fingerprint density at radius 2 is 1.02 bits per heavy atom. The van der Waals surface area contributed by atoms with E-state index in [0.29, 0.717) is 0 Å². The van der Waals surface area contributed by atoms with Crippen LogP contribution in [0.25, 0.3) is 76.5 Å². The standard InChI is InChI=1S/C44H27NO2/c1-2-11-34-28(9-1)10-7-14-35(34)29-19-22-32(23-20-29)45(40-16-8-15-38-36-12-3-6-18-42(36)47-44(38)40)33-24-21-30-27-43-39(26-31(30)25-33)37-13-4-5-17-41(37)46-43/h1-27H. The van der Waals surface area contributed by atoms with E-state index in [1.807, 2.05) is 24.3 Å². The maximum atomic E-state index is 6.58. The topological polar surface area (TPSA) is 29.5 Å². The van der Waals surface area contributed by atoms with Gasteiger partial charge in [0.05, 0.1) is 5.69 Å². The van der Waals surface area contributed by atoms with Crippen LogP contribution in [-0.4, -0.2) is 0 Å². The number of hydrogen-bond acceptors (Lipinski definition) is 3. The number of nitrogens with zero attached hydrogens (tertiary/aromatic N) is 1. The first-order valence-electron chi connectivity index (χ1n) is 15.9. The van der Waals surface area contributed by atoms with E-state index in [4.69, 9.17) is 8.83 Å². The summed E-state index contributed by atoms with van der Waals surface area (Å²) in [4.78, 5) is 2.31. The number of furan rings is 2. The number of hydrogen-bond donors (Lipinski definition) is 0. The van der Waals surface area contributed by atoms with Crippen LogP contribution in [0.5, 0.6) is 0 Å². The predicted octanol–water partition coefficient (Wildman–Crippen LogP) is 12.9. The van der Waals surface area contributed by atoms with Gasteiger partial charge in [-0.25, -0.2) is 0 Å². The van der Waals surface area contributed by atoms with Crippen LogP contribution in [0.4, 0.5) is 17.1 Å². The van der Waals surface area contributed by atoms with Gasteiger partial charge in [-0.1, -0.05) is 109 Å². The lowest BCUT2D eigenvalue weighted by atomic mass is 9.98. The van der Waals surface area contributed by atoms with Crippen molar-refractivity contribution >= 4 is 82.5 Å². The number of benzene rings is 8. The zero-order chi connectivity index (χ0) is 30.9. The van der Waals surface area contributed by atoms with E-state index in [2.05, 4.69) is 144 Å². The third-order valence-corrected chi connectivity index (χ3v) is 9.43. The highest BCUT2D eigenvalue weighted by Gasteiger charge is 2.20. The van der Waals surface area contributed by atoms with E-state index in [0.717, 1.165) is 71.7 Å². The summed E-state index contributed by atoms with van der Waals surface area (Å²) in [5.41, 5.74) is 9.05. The predicted molar refractivity (Wildman–Crippen MR) is 196 cm³/mol. The maximum Gasteiger partial charge on any atom is 0.159 e. The van der Waals surface area contributed by atoms with Crippen molar-refractivity contribution in [2.45, 2.75) is 0 Å². The summed E-state index contributed by atoms with van der Waals surface area (Å²) in [5.74, 6) is 0. The molecule has 0 saturated carbocycles. The van der Waals surface area contributed by atoms with Crippen LogP contribution in [0.1, 0.15) is 0 Å². The fourth-order valence-electron chi connectivity index (χ4n) is 7.20.